The molecule has 0 amide bonds. The fourth-order valence-electron chi connectivity index (χ4n) is 4.44. The normalized spacial score (nSPS) is 15.2. The van der Waals surface area contributed by atoms with Gasteiger partial charge in [-0.2, -0.15) is 0 Å². The number of benzene rings is 2. The van der Waals surface area contributed by atoms with Crippen LogP contribution in [-0.2, 0) is 19.3 Å². The molecule has 0 saturated heterocycles. The number of nitrogens with zero attached hydrogens (tertiary/aromatic N) is 1. The first-order valence-electron chi connectivity index (χ1n) is 7.86. The maximum absolute atomic E-state index is 3.37. The molecule has 3 aromatic carbocycles. The SMILES string of the molecule is c1cc2c3c(c#1)Cc1cccc4c1N3c1c(cccc1C4)C2. The molecule has 0 aromatic heterocycles. The standard InChI is InChI=1S/C21H13N/c1-4-13-10-15-6-2-8-17-12-18-9-3-7-16-11-14(5-1)19(13)22(20(15)17)21(16)18/h1-2,4-8H,10-12H2. The van der Waals surface area contributed by atoms with E-state index in [1.807, 2.05) is 0 Å². The highest BCUT2D eigenvalue weighted by Crippen LogP contribution is 2.54. The molecule has 22 heavy (non-hydrogen) atoms. The molecule has 0 radical (unpaired) electrons. The van der Waals surface area contributed by atoms with Crippen molar-refractivity contribution in [1.82, 2.24) is 0 Å². The van der Waals surface area contributed by atoms with Crippen LogP contribution >= 0.6 is 0 Å². The van der Waals surface area contributed by atoms with E-state index >= 15 is 0 Å². The van der Waals surface area contributed by atoms with Gasteiger partial charge in [0.2, 0.25) is 0 Å². The lowest BCUT2D eigenvalue weighted by Crippen LogP contribution is -2.29. The number of rotatable bonds is 0. The van der Waals surface area contributed by atoms with Crippen molar-refractivity contribution < 1.29 is 0 Å². The highest BCUT2D eigenvalue weighted by atomic mass is 15.2. The van der Waals surface area contributed by atoms with E-state index in [9.17, 15) is 0 Å². The Kier molecular flexibility index (Phi) is 1.76. The van der Waals surface area contributed by atoms with E-state index in [-0.39, 0.29) is 0 Å². The minimum absolute atomic E-state index is 0.983. The van der Waals surface area contributed by atoms with Crippen LogP contribution in [0.1, 0.15) is 33.4 Å². The Hall–Kier alpha value is -2.72. The Bertz CT molecular complexity index is 780. The van der Waals surface area contributed by atoms with Crippen LogP contribution in [0.3, 0.4) is 0 Å². The Morgan fingerprint density at radius 2 is 1.27 bits per heavy atom. The fraction of sp³-hybridized carbons (Fsp3) is 0.143. The summed E-state index contributed by atoms with van der Waals surface area (Å²) in [6, 6.07) is 22.2. The smallest absolute Gasteiger partial charge is 0.0622 e. The summed E-state index contributed by atoms with van der Waals surface area (Å²) in [5.74, 6) is 0. The number of hydrogen-bond donors (Lipinski definition) is 0. The first kappa shape index (κ1) is 10.9. The first-order chi connectivity index (χ1) is 10.9. The van der Waals surface area contributed by atoms with Gasteiger partial charge in [0, 0.05) is 24.8 Å². The lowest BCUT2D eigenvalue weighted by Gasteiger charge is -2.43. The van der Waals surface area contributed by atoms with E-state index in [0.29, 0.717) is 0 Å². The van der Waals surface area contributed by atoms with E-state index in [1.54, 1.807) is 0 Å². The van der Waals surface area contributed by atoms with Gasteiger partial charge in [-0.25, -0.2) is 0 Å². The Morgan fingerprint density at radius 1 is 0.682 bits per heavy atom. The maximum Gasteiger partial charge on any atom is 0.0622 e. The molecule has 1 heteroatoms. The molecule has 6 rings (SSSR count). The molecular formula is C21H13N. The molecule has 102 valence electrons. The summed E-state index contributed by atoms with van der Waals surface area (Å²) in [4.78, 5) is 2.51. The summed E-state index contributed by atoms with van der Waals surface area (Å²) < 4.78 is 0. The predicted octanol–water partition coefficient (Wildman–Crippen LogP) is 4.47. The average Bonchev–Trinajstić information content (AvgIpc) is 2.55. The lowest BCUT2D eigenvalue weighted by molar-refractivity contribution is 0.958. The van der Waals surface area contributed by atoms with Gasteiger partial charge >= 0.3 is 0 Å². The number of para-hydroxylation sites is 2. The van der Waals surface area contributed by atoms with Crippen LogP contribution in [0.4, 0.5) is 17.1 Å². The molecule has 3 aromatic rings. The number of hydrogen-bond acceptors (Lipinski definition) is 1. The van der Waals surface area contributed by atoms with Gasteiger partial charge in [-0.3, -0.25) is 0 Å². The zero-order valence-electron chi connectivity index (χ0n) is 12.1. The molecule has 1 nitrogen and oxygen atoms in total. The maximum atomic E-state index is 3.37. The first-order valence-corrected chi connectivity index (χ1v) is 7.86. The van der Waals surface area contributed by atoms with Crippen molar-refractivity contribution in [2.75, 3.05) is 4.90 Å². The van der Waals surface area contributed by atoms with Gasteiger partial charge in [0.25, 0.3) is 0 Å². The van der Waals surface area contributed by atoms with E-state index in [4.69, 9.17) is 0 Å². The molecule has 3 aliphatic rings. The molecule has 0 bridgehead atoms. The topological polar surface area (TPSA) is 3.24 Å². The van der Waals surface area contributed by atoms with Crippen LogP contribution in [0.15, 0.2) is 42.5 Å². The zero-order valence-corrected chi connectivity index (χ0v) is 12.1. The van der Waals surface area contributed by atoms with Gasteiger partial charge in [0.1, 0.15) is 0 Å². The molecule has 0 N–H and O–H groups in total. The third-order valence-electron chi connectivity index (χ3n) is 5.27. The van der Waals surface area contributed by atoms with Crippen LogP contribution < -0.4 is 4.90 Å². The molecule has 3 aliphatic heterocycles. The summed E-state index contributed by atoms with van der Waals surface area (Å²) in [7, 11) is 0. The van der Waals surface area contributed by atoms with Crippen molar-refractivity contribution in [1.29, 1.82) is 0 Å². The van der Waals surface area contributed by atoms with Crippen molar-refractivity contribution in [2.45, 2.75) is 19.3 Å². The summed E-state index contributed by atoms with van der Waals surface area (Å²) in [5.41, 5.74) is 12.7. The molecule has 0 aliphatic carbocycles. The minimum atomic E-state index is 0.983. The molecule has 3 heterocycles. The quantitative estimate of drug-likeness (QED) is 0.396. The monoisotopic (exact) mass is 279 g/mol. The third kappa shape index (κ3) is 1.14. The second-order valence-corrected chi connectivity index (χ2v) is 6.48. The highest BCUT2D eigenvalue weighted by molar-refractivity contribution is 5.93. The highest BCUT2D eigenvalue weighted by Gasteiger charge is 2.36. The van der Waals surface area contributed by atoms with Crippen LogP contribution in [0.25, 0.3) is 0 Å². The Morgan fingerprint density at radius 3 is 1.95 bits per heavy atom. The van der Waals surface area contributed by atoms with Gasteiger partial charge in [-0.05, 0) is 33.9 Å². The van der Waals surface area contributed by atoms with Crippen molar-refractivity contribution >= 4 is 17.1 Å². The lowest BCUT2D eigenvalue weighted by atomic mass is 9.81. The van der Waals surface area contributed by atoms with E-state index < -0.39 is 0 Å². The van der Waals surface area contributed by atoms with Gasteiger partial charge in [0.15, 0.2) is 0 Å². The van der Waals surface area contributed by atoms with E-state index in [1.165, 1.54) is 50.4 Å². The second kappa shape index (κ2) is 3.54. The molecule has 0 spiro atoms. The summed E-state index contributed by atoms with van der Waals surface area (Å²) in [6.45, 7) is 0. The van der Waals surface area contributed by atoms with Crippen LogP contribution in [-0.4, -0.2) is 0 Å². The minimum Gasteiger partial charge on any atom is -0.308 e. The molecule has 0 saturated carbocycles. The Balaban J connectivity index is 1.80. The van der Waals surface area contributed by atoms with Crippen molar-refractivity contribution in [3.63, 3.8) is 0 Å². The average molecular weight is 279 g/mol. The largest absolute Gasteiger partial charge is 0.308 e. The molecule has 0 fully saturated rings. The summed E-state index contributed by atoms with van der Waals surface area (Å²) >= 11 is 0. The molecule has 0 unspecified atom stereocenters. The van der Waals surface area contributed by atoms with Gasteiger partial charge in [-0.1, -0.05) is 48.5 Å². The predicted molar refractivity (Wildman–Crippen MR) is 87.2 cm³/mol. The van der Waals surface area contributed by atoms with Crippen molar-refractivity contribution in [3.8, 4) is 0 Å². The van der Waals surface area contributed by atoms with Gasteiger partial charge in [0.05, 0.1) is 17.1 Å². The number of anilines is 3. The van der Waals surface area contributed by atoms with Gasteiger partial charge in [-0.15, -0.1) is 0 Å². The van der Waals surface area contributed by atoms with E-state index in [0.717, 1.165) is 19.3 Å². The van der Waals surface area contributed by atoms with Crippen LogP contribution in [0.5, 0.6) is 0 Å². The second-order valence-electron chi connectivity index (χ2n) is 6.48. The molecular weight excluding hydrogens is 266 g/mol. The van der Waals surface area contributed by atoms with E-state index in [2.05, 4.69) is 59.5 Å². The third-order valence-corrected chi connectivity index (χ3v) is 5.27. The zero-order chi connectivity index (χ0) is 14.3. The summed E-state index contributed by atoms with van der Waals surface area (Å²) in [5, 5.41) is 0. The van der Waals surface area contributed by atoms with Crippen molar-refractivity contribution in [3.05, 3.63) is 88.0 Å². The molecule has 0 atom stereocenters. The van der Waals surface area contributed by atoms with Crippen LogP contribution in [0, 0.1) is 12.1 Å². The fourth-order valence-corrected chi connectivity index (χ4v) is 4.44. The van der Waals surface area contributed by atoms with Crippen LogP contribution in [0.2, 0.25) is 0 Å². The Labute approximate surface area is 129 Å². The van der Waals surface area contributed by atoms with Crippen molar-refractivity contribution in [2.24, 2.45) is 0 Å². The summed E-state index contributed by atoms with van der Waals surface area (Å²) in [6.07, 6.45) is 3.05. The van der Waals surface area contributed by atoms with Gasteiger partial charge < -0.3 is 4.90 Å².